The summed E-state index contributed by atoms with van der Waals surface area (Å²) < 4.78 is 5.33. The number of aryl methyl sites for hydroxylation is 1. The summed E-state index contributed by atoms with van der Waals surface area (Å²) in [6, 6.07) is 0. The van der Waals surface area contributed by atoms with Crippen LogP contribution < -0.4 is 0 Å². The summed E-state index contributed by atoms with van der Waals surface area (Å²) in [5.74, 6) is 0. The van der Waals surface area contributed by atoms with Gasteiger partial charge in [-0.2, -0.15) is 0 Å². The van der Waals surface area contributed by atoms with E-state index < -0.39 is 5.60 Å². The third-order valence-corrected chi connectivity index (χ3v) is 4.67. The normalized spacial score (nSPS) is 18.2. The molecule has 1 saturated heterocycles. The molecule has 1 N–H and O–H groups in total. The van der Waals surface area contributed by atoms with E-state index >= 15 is 0 Å². The number of morpholine rings is 1. The van der Waals surface area contributed by atoms with Crippen molar-refractivity contribution < 1.29 is 9.84 Å². The van der Waals surface area contributed by atoms with Gasteiger partial charge in [0.05, 0.1) is 34.4 Å². The zero-order valence-corrected chi connectivity index (χ0v) is 12.2. The van der Waals surface area contributed by atoms with Gasteiger partial charge in [-0.15, -0.1) is 11.3 Å². The lowest BCUT2D eigenvalue weighted by atomic mass is 10.1. The van der Waals surface area contributed by atoms with Crippen molar-refractivity contribution in [1.29, 1.82) is 0 Å². The number of hydrogen-bond donors (Lipinski definition) is 1. The maximum absolute atomic E-state index is 10.0. The van der Waals surface area contributed by atoms with Crippen LogP contribution in [0.4, 0.5) is 0 Å². The van der Waals surface area contributed by atoms with Crippen LogP contribution >= 0.6 is 11.3 Å². The maximum atomic E-state index is 10.0. The molecule has 0 aliphatic carbocycles. The van der Waals surface area contributed by atoms with Crippen LogP contribution in [0.25, 0.3) is 0 Å². The number of aromatic nitrogens is 1. The molecule has 1 aromatic heterocycles. The zero-order valence-electron chi connectivity index (χ0n) is 11.4. The summed E-state index contributed by atoms with van der Waals surface area (Å²) in [6.07, 6.45) is 0.960. The largest absolute Gasteiger partial charge is 0.385 e. The second-order valence-electron chi connectivity index (χ2n) is 5.29. The van der Waals surface area contributed by atoms with Gasteiger partial charge in [-0.3, -0.25) is 4.90 Å². The molecule has 2 heterocycles. The predicted octanol–water partition coefficient (Wildman–Crippen LogP) is 1.55. The molecule has 0 saturated carbocycles. The fraction of sp³-hybridized carbons (Fsp3) is 0.769. The molecule has 0 atom stereocenters. The Morgan fingerprint density at radius 1 is 1.39 bits per heavy atom. The number of hydrogen-bond acceptors (Lipinski definition) is 5. The van der Waals surface area contributed by atoms with Gasteiger partial charge >= 0.3 is 0 Å². The van der Waals surface area contributed by atoms with Crippen LogP contribution in [0.5, 0.6) is 0 Å². The number of thiazole rings is 1. The van der Waals surface area contributed by atoms with Crippen LogP contribution in [-0.2, 0) is 16.8 Å². The number of aliphatic hydroxyl groups is 1. The van der Waals surface area contributed by atoms with E-state index in [1.165, 1.54) is 0 Å². The van der Waals surface area contributed by atoms with Crippen LogP contribution in [0.15, 0.2) is 0 Å². The Morgan fingerprint density at radius 2 is 2.06 bits per heavy atom. The quantitative estimate of drug-likeness (QED) is 0.902. The number of ether oxygens (including phenoxy) is 1. The highest BCUT2D eigenvalue weighted by atomic mass is 32.1. The summed E-state index contributed by atoms with van der Waals surface area (Å²) in [5.41, 5.74) is 0.184. The molecule has 0 amide bonds. The topological polar surface area (TPSA) is 45.6 Å². The van der Waals surface area contributed by atoms with Crippen molar-refractivity contribution in [1.82, 2.24) is 9.88 Å². The average molecular weight is 270 g/mol. The SMILES string of the molecule is Cc1nc(CCN2CCOCC2)sc1C(C)(C)O. The van der Waals surface area contributed by atoms with Crippen molar-refractivity contribution >= 4 is 11.3 Å². The van der Waals surface area contributed by atoms with Gasteiger partial charge in [0.25, 0.3) is 0 Å². The van der Waals surface area contributed by atoms with E-state index in [2.05, 4.69) is 9.88 Å². The highest BCUT2D eigenvalue weighted by Gasteiger charge is 2.23. The molecule has 0 radical (unpaired) electrons. The van der Waals surface area contributed by atoms with E-state index in [0.717, 1.165) is 54.8 Å². The van der Waals surface area contributed by atoms with Crippen LogP contribution in [-0.4, -0.2) is 47.8 Å². The molecule has 1 aromatic rings. The standard InChI is InChI=1S/C13H22N2O2S/c1-10-12(13(2,3)16)18-11(14-10)4-5-15-6-8-17-9-7-15/h16H,4-9H2,1-3H3. The van der Waals surface area contributed by atoms with E-state index in [1.807, 2.05) is 20.8 Å². The van der Waals surface area contributed by atoms with Crippen molar-refractivity contribution in [2.24, 2.45) is 0 Å². The van der Waals surface area contributed by atoms with Gasteiger partial charge in [-0.25, -0.2) is 4.98 Å². The van der Waals surface area contributed by atoms with Gasteiger partial charge < -0.3 is 9.84 Å². The van der Waals surface area contributed by atoms with Gasteiger partial charge in [0, 0.05) is 26.1 Å². The first kappa shape index (κ1) is 13.9. The Kier molecular flexibility index (Phi) is 4.37. The monoisotopic (exact) mass is 270 g/mol. The molecule has 1 fully saturated rings. The second-order valence-corrected chi connectivity index (χ2v) is 6.37. The fourth-order valence-electron chi connectivity index (χ4n) is 2.21. The van der Waals surface area contributed by atoms with Crippen molar-refractivity contribution in [3.63, 3.8) is 0 Å². The second kappa shape index (κ2) is 5.65. The van der Waals surface area contributed by atoms with Crippen LogP contribution in [0.1, 0.15) is 29.4 Å². The van der Waals surface area contributed by atoms with E-state index in [4.69, 9.17) is 4.74 Å². The molecule has 1 aliphatic rings. The predicted molar refractivity (Wildman–Crippen MR) is 73.1 cm³/mol. The molecule has 2 rings (SSSR count). The third kappa shape index (κ3) is 3.51. The minimum atomic E-state index is -0.779. The molecule has 102 valence electrons. The highest BCUT2D eigenvalue weighted by Crippen LogP contribution is 2.29. The lowest BCUT2D eigenvalue weighted by Crippen LogP contribution is -2.37. The van der Waals surface area contributed by atoms with E-state index in [9.17, 15) is 5.11 Å². The molecule has 0 spiro atoms. The van der Waals surface area contributed by atoms with Crippen molar-refractivity contribution in [3.8, 4) is 0 Å². The number of rotatable bonds is 4. The van der Waals surface area contributed by atoms with Crippen LogP contribution in [0, 0.1) is 6.92 Å². The minimum Gasteiger partial charge on any atom is -0.385 e. The van der Waals surface area contributed by atoms with Crippen molar-refractivity contribution in [2.45, 2.75) is 32.8 Å². The first-order chi connectivity index (χ1) is 8.47. The first-order valence-corrected chi connectivity index (χ1v) is 7.28. The fourth-order valence-corrected chi connectivity index (χ4v) is 3.26. The van der Waals surface area contributed by atoms with E-state index in [1.54, 1.807) is 11.3 Å². The Bertz CT molecular complexity index is 392. The van der Waals surface area contributed by atoms with Gasteiger partial charge in [0.15, 0.2) is 0 Å². The molecular weight excluding hydrogens is 248 g/mol. The molecule has 0 bridgehead atoms. The number of nitrogens with zero attached hydrogens (tertiary/aromatic N) is 2. The Balaban J connectivity index is 1.93. The van der Waals surface area contributed by atoms with E-state index in [0.29, 0.717) is 0 Å². The highest BCUT2D eigenvalue weighted by molar-refractivity contribution is 7.11. The summed E-state index contributed by atoms with van der Waals surface area (Å²) in [6.45, 7) is 10.4. The summed E-state index contributed by atoms with van der Waals surface area (Å²) in [5, 5.41) is 11.2. The van der Waals surface area contributed by atoms with Crippen LogP contribution in [0.2, 0.25) is 0 Å². The molecule has 1 aliphatic heterocycles. The molecule has 18 heavy (non-hydrogen) atoms. The Hall–Kier alpha value is -0.490. The summed E-state index contributed by atoms with van der Waals surface area (Å²) >= 11 is 1.64. The first-order valence-electron chi connectivity index (χ1n) is 6.46. The van der Waals surface area contributed by atoms with Crippen molar-refractivity contribution in [3.05, 3.63) is 15.6 Å². The maximum Gasteiger partial charge on any atom is 0.0950 e. The lowest BCUT2D eigenvalue weighted by molar-refractivity contribution is 0.0384. The molecule has 0 aromatic carbocycles. The van der Waals surface area contributed by atoms with Gasteiger partial charge in [0.1, 0.15) is 0 Å². The molecule has 0 unspecified atom stereocenters. The Labute approximate surface area is 113 Å². The van der Waals surface area contributed by atoms with Gasteiger partial charge in [0.2, 0.25) is 0 Å². The smallest absolute Gasteiger partial charge is 0.0950 e. The molecule has 5 heteroatoms. The molecular formula is C13H22N2O2S. The average Bonchev–Trinajstić information content (AvgIpc) is 2.69. The lowest BCUT2D eigenvalue weighted by Gasteiger charge is -2.26. The van der Waals surface area contributed by atoms with Crippen molar-refractivity contribution in [2.75, 3.05) is 32.8 Å². The minimum absolute atomic E-state index is 0.779. The van der Waals surface area contributed by atoms with Crippen LogP contribution in [0.3, 0.4) is 0 Å². The zero-order chi connectivity index (χ0) is 13.2. The van der Waals surface area contributed by atoms with Gasteiger partial charge in [-0.05, 0) is 20.8 Å². The summed E-state index contributed by atoms with van der Waals surface area (Å²) in [7, 11) is 0. The summed E-state index contributed by atoms with van der Waals surface area (Å²) in [4.78, 5) is 7.95. The Morgan fingerprint density at radius 3 is 2.61 bits per heavy atom. The molecule has 4 nitrogen and oxygen atoms in total. The van der Waals surface area contributed by atoms with Gasteiger partial charge in [-0.1, -0.05) is 0 Å². The van der Waals surface area contributed by atoms with E-state index in [-0.39, 0.29) is 0 Å². The third-order valence-electron chi connectivity index (χ3n) is 3.14.